The van der Waals surface area contributed by atoms with E-state index in [1.165, 1.54) is 4.90 Å². The second-order valence-corrected chi connectivity index (χ2v) is 6.00. The van der Waals surface area contributed by atoms with Crippen molar-refractivity contribution >= 4 is 17.5 Å². The van der Waals surface area contributed by atoms with Gasteiger partial charge in [-0.2, -0.15) is 0 Å². The van der Waals surface area contributed by atoms with E-state index in [0.29, 0.717) is 24.3 Å². The maximum Gasteiger partial charge on any atom is 0.259 e. The molecule has 2 aromatic rings. The van der Waals surface area contributed by atoms with Gasteiger partial charge in [-0.1, -0.05) is 12.1 Å². The van der Waals surface area contributed by atoms with Gasteiger partial charge in [0.05, 0.1) is 7.11 Å². The molecule has 138 valence electrons. The van der Waals surface area contributed by atoms with Crippen LogP contribution < -0.4 is 14.8 Å². The lowest BCUT2D eigenvalue weighted by atomic mass is 10.1. The number of benzene rings is 2. The zero-order valence-corrected chi connectivity index (χ0v) is 15.3. The fourth-order valence-electron chi connectivity index (χ4n) is 2.18. The number of carbonyl (C=O) groups is 2. The monoisotopic (exact) mass is 356 g/mol. The smallest absolute Gasteiger partial charge is 0.259 e. The van der Waals surface area contributed by atoms with Crippen LogP contribution in [0.25, 0.3) is 0 Å². The number of nitrogens with zero attached hydrogens (tertiary/aromatic N) is 1. The first-order valence-electron chi connectivity index (χ1n) is 8.33. The van der Waals surface area contributed by atoms with E-state index < -0.39 is 0 Å². The van der Waals surface area contributed by atoms with E-state index in [2.05, 4.69) is 5.32 Å². The normalized spacial score (nSPS) is 10.1. The zero-order valence-electron chi connectivity index (χ0n) is 15.3. The van der Waals surface area contributed by atoms with Crippen LogP contribution in [0.2, 0.25) is 0 Å². The van der Waals surface area contributed by atoms with Gasteiger partial charge in [0.15, 0.2) is 6.61 Å². The number of nitrogens with one attached hydrogen (secondary N) is 1. The molecule has 6 heteroatoms. The molecule has 0 fully saturated rings. The highest BCUT2D eigenvalue weighted by Gasteiger charge is 2.06. The predicted octanol–water partition coefficient (Wildman–Crippen LogP) is 2.73. The van der Waals surface area contributed by atoms with Crippen molar-refractivity contribution < 1.29 is 19.1 Å². The number of carbonyl (C=O) groups excluding carboxylic acids is 2. The van der Waals surface area contributed by atoms with Gasteiger partial charge in [-0.25, -0.2) is 0 Å². The van der Waals surface area contributed by atoms with Crippen LogP contribution in [0.5, 0.6) is 11.5 Å². The number of anilines is 1. The predicted molar refractivity (Wildman–Crippen MR) is 101 cm³/mol. The fraction of sp³-hybridized carbons (Fsp3) is 0.300. The molecule has 0 aromatic heterocycles. The van der Waals surface area contributed by atoms with Crippen LogP contribution >= 0.6 is 0 Å². The van der Waals surface area contributed by atoms with E-state index in [9.17, 15) is 9.59 Å². The minimum atomic E-state index is -0.110. The van der Waals surface area contributed by atoms with Crippen LogP contribution in [0.3, 0.4) is 0 Å². The summed E-state index contributed by atoms with van der Waals surface area (Å²) in [4.78, 5) is 25.0. The third-order valence-corrected chi connectivity index (χ3v) is 3.80. The minimum absolute atomic E-state index is 0.0133. The Kier molecular flexibility index (Phi) is 7.02. The molecule has 0 spiro atoms. The van der Waals surface area contributed by atoms with Crippen LogP contribution in [0.4, 0.5) is 5.69 Å². The molecule has 0 bridgehead atoms. The number of rotatable bonds is 8. The van der Waals surface area contributed by atoms with Crippen LogP contribution in [0, 0.1) is 0 Å². The molecule has 26 heavy (non-hydrogen) atoms. The lowest BCUT2D eigenvalue weighted by Gasteiger charge is -2.11. The number of amides is 2. The van der Waals surface area contributed by atoms with Gasteiger partial charge in [0.1, 0.15) is 11.5 Å². The summed E-state index contributed by atoms with van der Waals surface area (Å²) in [5.41, 5.74) is 1.77. The standard InChI is InChI=1S/C20H24N2O4/c1-22(2)20(24)14-26-18-11-7-16(8-12-18)21-19(23)13-6-15-4-9-17(25-3)10-5-15/h4-5,7-12H,6,13-14H2,1-3H3,(H,21,23). The number of aryl methyl sites for hydroxylation is 1. The number of methoxy groups -OCH3 is 1. The summed E-state index contributed by atoms with van der Waals surface area (Å²) < 4.78 is 10.5. The van der Waals surface area contributed by atoms with Gasteiger partial charge in [0.2, 0.25) is 5.91 Å². The molecule has 1 N–H and O–H groups in total. The molecule has 0 aliphatic rings. The second-order valence-electron chi connectivity index (χ2n) is 6.00. The maximum absolute atomic E-state index is 12.1. The molecule has 0 unspecified atom stereocenters. The molecule has 0 radical (unpaired) electrons. The number of likely N-dealkylation sites (N-methyl/N-ethyl adjacent to an activating group) is 1. The van der Waals surface area contributed by atoms with E-state index in [0.717, 1.165) is 11.3 Å². The van der Waals surface area contributed by atoms with Crippen molar-refractivity contribution in [2.24, 2.45) is 0 Å². The Morgan fingerprint density at radius 1 is 0.962 bits per heavy atom. The van der Waals surface area contributed by atoms with Gasteiger partial charge >= 0.3 is 0 Å². The third-order valence-electron chi connectivity index (χ3n) is 3.80. The van der Waals surface area contributed by atoms with E-state index in [-0.39, 0.29) is 18.4 Å². The number of ether oxygens (including phenoxy) is 2. The summed E-state index contributed by atoms with van der Waals surface area (Å²) in [7, 11) is 4.98. The van der Waals surface area contributed by atoms with Crippen molar-refractivity contribution in [3.05, 3.63) is 54.1 Å². The first-order chi connectivity index (χ1) is 12.5. The van der Waals surface area contributed by atoms with Crippen molar-refractivity contribution in [1.82, 2.24) is 4.90 Å². The van der Waals surface area contributed by atoms with Crippen LogP contribution in [-0.4, -0.2) is 44.5 Å². The Labute approximate surface area is 153 Å². The zero-order chi connectivity index (χ0) is 18.9. The van der Waals surface area contributed by atoms with E-state index >= 15 is 0 Å². The number of hydrogen-bond donors (Lipinski definition) is 1. The first kappa shape index (κ1) is 19.3. The van der Waals surface area contributed by atoms with Crippen molar-refractivity contribution in [3.8, 4) is 11.5 Å². The molecule has 0 atom stereocenters. The molecule has 6 nitrogen and oxygen atoms in total. The van der Waals surface area contributed by atoms with E-state index in [1.54, 1.807) is 45.5 Å². The van der Waals surface area contributed by atoms with E-state index in [4.69, 9.17) is 9.47 Å². The molecular formula is C20H24N2O4. The maximum atomic E-state index is 12.1. The van der Waals surface area contributed by atoms with E-state index in [1.807, 2.05) is 24.3 Å². The molecule has 2 rings (SSSR count). The van der Waals surface area contributed by atoms with Crippen molar-refractivity contribution in [3.63, 3.8) is 0 Å². The van der Waals surface area contributed by atoms with Gasteiger partial charge in [0, 0.05) is 26.2 Å². The topological polar surface area (TPSA) is 67.9 Å². The highest BCUT2D eigenvalue weighted by Crippen LogP contribution is 2.17. The van der Waals surface area contributed by atoms with Gasteiger partial charge in [-0.05, 0) is 48.4 Å². The molecule has 2 aromatic carbocycles. The summed E-state index contributed by atoms with van der Waals surface area (Å²) in [6.45, 7) is -0.0133. The SMILES string of the molecule is COc1ccc(CCC(=O)Nc2ccc(OCC(=O)N(C)C)cc2)cc1. The van der Waals surface area contributed by atoms with Gasteiger partial charge in [-0.15, -0.1) is 0 Å². The Morgan fingerprint density at radius 3 is 2.15 bits per heavy atom. The molecule has 0 heterocycles. The Morgan fingerprint density at radius 2 is 1.58 bits per heavy atom. The molecule has 0 saturated carbocycles. The first-order valence-corrected chi connectivity index (χ1v) is 8.33. The van der Waals surface area contributed by atoms with Gasteiger partial charge in [-0.3, -0.25) is 9.59 Å². The quantitative estimate of drug-likeness (QED) is 0.790. The molecule has 0 saturated heterocycles. The average Bonchev–Trinajstić information content (AvgIpc) is 2.65. The molecule has 0 aliphatic heterocycles. The summed E-state index contributed by atoms with van der Waals surface area (Å²) in [6.07, 6.45) is 1.05. The third kappa shape index (κ3) is 6.12. The van der Waals surface area contributed by atoms with Gasteiger partial charge in [0.25, 0.3) is 5.91 Å². The van der Waals surface area contributed by atoms with Crippen LogP contribution in [-0.2, 0) is 16.0 Å². The van der Waals surface area contributed by atoms with Crippen molar-refractivity contribution in [2.45, 2.75) is 12.8 Å². The Bertz CT molecular complexity index is 724. The van der Waals surface area contributed by atoms with Crippen molar-refractivity contribution in [2.75, 3.05) is 33.1 Å². The average molecular weight is 356 g/mol. The lowest BCUT2D eigenvalue weighted by Crippen LogP contribution is -2.27. The minimum Gasteiger partial charge on any atom is -0.497 e. The largest absolute Gasteiger partial charge is 0.497 e. The molecular weight excluding hydrogens is 332 g/mol. The molecule has 2 amide bonds. The summed E-state index contributed by atoms with van der Waals surface area (Å²) in [5, 5.41) is 2.85. The van der Waals surface area contributed by atoms with Crippen molar-refractivity contribution in [1.29, 1.82) is 0 Å². The second kappa shape index (κ2) is 9.46. The number of hydrogen-bond acceptors (Lipinski definition) is 4. The fourth-order valence-corrected chi connectivity index (χ4v) is 2.18. The highest BCUT2D eigenvalue weighted by molar-refractivity contribution is 5.90. The summed E-state index contributed by atoms with van der Waals surface area (Å²) in [6, 6.07) is 14.6. The Balaban J connectivity index is 1.78. The van der Waals surface area contributed by atoms with Gasteiger partial charge < -0.3 is 19.7 Å². The Hall–Kier alpha value is -3.02. The van der Waals surface area contributed by atoms with Crippen LogP contribution in [0.15, 0.2) is 48.5 Å². The van der Waals surface area contributed by atoms with Crippen LogP contribution in [0.1, 0.15) is 12.0 Å². The molecule has 0 aliphatic carbocycles. The lowest BCUT2D eigenvalue weighted by molar-refractivity contribution is -0.130. The summed E-state index contributed by atoms with van der Waals surface area (Å²) >= 11 is 0. The summed E-state index contributed by atoms with van der Waals surface area (Å²) in [5.74, 6) is 1.21. The highest BCUT2D eigenvalue weighted by atomic mass is 16.5.